The zero-order valence-electron chi connectivity index (χ0n) is 19.2. The first-order chi connectivity index (χ1) is 16.2. The summed E-state index contributed by atoms with van der Waals surface area (Å²) < 4.78 is 27.8. The summed E-state index contributed by atoms with van der Waals surface area (Å²) in [6, 6.07) is 5.50. The predicted molar refractivity (Wildman–Crippen MR) is 125 cm³/mol. The third-order valence-corrected chi connectivity index (χ3v) is 7.08. The van der Waals surface area contributed by atoms with E-state index in [-0.39, 0.29) is 10.8 Å². The van der Waals surface area contributed by atoms with Crippen LogP contribution in [0.2, 0.25) is 0 Å². The summed E-state index contributed by atoms with van der Waals surface area (Å²) in [7, 11) is -3.92. The van der Waals surface area contributed by atoms with Crippen molar-refractivity contribution in [1.29, 1.82) is 0 Å². The van der Waals surface area contributed by atoms with E-state index in [1.165, 1.54) is 19.1 Å². The number of H-pyrrole nitrogens is 2. The van der Waals surface area contributed by atoms with Crippen LogP contribution < -0.4 is 10.0 Å². The van der Waals surface area contributed by atoms with Crippen LogP contribution >= 0.6 is 0 Å². The number of tetrazole rings is 1. The van der Waals surface area contributed by atoms with Crippen molar-refractivity contribution in [2.75, 3.05) is 5.32 Å². The van der Waals surface area contributed by atoms with E-state index in [0.29, 0.717) is 6.42 Å². The summed E-state index contributed by atoms with van der Waals surface area (Å²) in [6.45, 7) is 7.44. The lowest BCUT2D eigenvalue weighted by atomic mass is 9.99. The summed E-state index contributed by atoms with van der Waals surface area (Å²) in [5.41, 5.74) is 5.58. The zero-order chi connectivity index (χ0) is 24.5. The normalized spacial score (nSPS) is 12.7. The SMILES string of the molecule is CCc1nc2c(C)c(Cc3ccc(S(=O)(=O)NC(C)C(=O)Nc4nnn[nH]4)cc3)c(C)nc2[nH]1. The number of hydrogen-bond acceptors (Lipinski definition) is 8. The van der Waals surface area contributed by atoms with Gasteiger partial charge in [-0.3, -0.25) is 10.1 Å². The highest BCUT2D eigenvalue weighted by Crippen LogP contribution is 2.24. The number of nitrogens with zero attached hydrogens (tertiary/aromatic N) is 5. The van der Waals surface area contributed by atoms with E-state index < -0.39 is 22.0 Å². The van der Waals surface area contributed by atoms with Crippen LogP contribution in [0.25, 0.3) is 11.2 Å². The molecule has 0 aliphatic heterocycles. The Kier molecular flexibility index (Phi) is 6.39. The summed E-state index contributed by atoms with van der Waals surface area (Å²) in [6.07, 6.45) is 1.39. The van der Waals surface area contributed by atoms with E-state index >= 15 is 0 Å². The van der Waals surface area contributed by atoms with Gasteiger partial charge in [-0.15, -0.1) is 0 Å². The van der Waals surface area contributed by atoms with Gasteiger partial charge in [0.05, 0.1) is 10.9 Å². The van der Waals surface area contributed by atoms with Crippen LogP contribution in [0.1, 0.15) is 42.1 Å². The van der Waals surface area contributed by atoms with Gasteiger partial charge < -0.3 is 4.98 Å². The van der Waals surface area contributed by atoms with E-state index in [0.717, 1.165) is 45.8 Å². The molecule has 34 heavy (non-hydrogen) atoms. The number of sulfonamides is 1. The molecule has 0 spiro atoms. The number of aromatic nitrogens is 7. The first-order valence-electron chi connectivity index (χ1n) is 10.7. The average Bonchev–Trinajstić information content (AvgIpc) is 3.46. The number of nitrogens with one attached hydrogen (secondary N) is 4. The van der Waals surface area contributed by atoms with Crippen LogP contribution in [0.5, 0.6) is 0 Å². The minimum absolute atomic E-state index is 0.0272. The maximum absolute atomic E-state index is 12.7. The highest BCUT2D eigenvalue weighted by atomic mass is 32.2. The lowest BCUT2D eigenvalue weighted by Crippen LogP contribution is -2.41. The Hall–Kier alpha value is -3.71. The number of hydrogen-bond donors (Lipinski definition) is 4. The Morgan fingerprint density at radius 2 is 1.88 bits per heavy atom. The third kappa shape index (κ3) is 4.79. The Morgan fingerprint density at radius 3 is 2.53 bits per heavy atom. The predicted octanol–water partition coefficient (Wildman–Crippen LogP) is 1.55. The van der Waals surface area contributed by atoms with Gasteiger partial charge in [0, 0.05) is 12.1 Å². The zero-order valence-corrected chi connectivity index (χ0v) is 20.0. The quantitative estimate of drug-likeness (QED) is 0.292. The fraction of sp³-hybridized carbons (Fsp3) is 0.333. The summed E-state index contributed by atoms with van der Waals surface area (Å²) in [4.78, 5) is 24.8. The summed E-state index contributed by atoms with van der Waals surface area (Å²) in [5, 5.41) is 15.0. The molecular weight excluding hydrogens is 458 g/mol. The van der Waals surface area contributed by atoms with Gasteiger partial charge >= 0.3 is 0 Å². The lowest BCUT2D eigenvalue weighted by Gasteiger charge is -2.14. The van der Waals surface area contributed by atoms with Gasteiger partial charge in [-0.2, -0.15) is 4.72 Å². The molecular formula is C21H25N9O3S. The van der Waals surface area contributed by atoms with Crippen LogP contribution in [0, 0.1) is 13.8 Å². The largest absolute Gasteiger partial charge is 0.327 e. The van der Waals surface area contributed by atoms with Gasteiger partial charge in [0.25, 0.3) is 0 Å². The number of carbonyl (C=O) groups is 1. The number of benzene rings is 1. The molecule has 3 aromatic heterocycles. The van der Waals surface area contributed by atoms with Gasteiger partial charge in [0.15, 0.2) is 5.65 Å². The monoisotopic (exact) mass is 483 g/mol. The number of amides is 1. The highest BCUT2D eigenvalue weighted by molar-refractivity contribution is 7.89. The second-order valence-electron chi connectivity index (χ2n) is 7.94. The number of imidazole rings is 1. The fourth-order valence-corrected chi connectivity index (χ4v) is 4.82. The van der Waals surface area contributed by atoms with Crippen molar-refractivity contribution in [3.63, 3.8) is 0 Å². The van der Waals surface area contributed by atoms with Crippen LogP contribution in [0.15, 0.2) is 29.2 Å². The van der Waals surface area contributed by atoms with Crippen molar-refractivity contribution in [3.8, 4) is 0 Å². The number of rotatable bonds is 8. The number of pyridine rings is 1. The van der Waals surface area contributed by atoms with Crippen molar-refractivity contribution in [2.24, 2.45) is 0 Å². The number of anilines is 1. The molecule has 1 unspecified atom stereocenters. The molecule has 178 valence electrons. The first-order valence-corrected chi connectivity index (χ1v) is 12.2. The molecule has 0 radical (unpaired) electrons. The van der Waals surface area contributed by atoms with E-state index in [4.69, 9.17) is 0 Å². The standard InChI is InChI=1S/C21H25N9O3S/c1-5-17-23-18-11(2)16(12(3)22-19(18)24-17)10-14-6-8-15(9-7-14)34(32,33)28-13(4)20(31)25-21-26-29-30-27-21/h6-9,13,28H,5,10H2,1-4H3,(H,22,23,24)(H2,25,26,27,29,30,31). The smallest absolute Gasteiger partial charge is 0.246 e. The summed E-state index contributed by atoms with van der Waals surface area (Å²) in [5.74, 6) is 0.321. The molecule has 4 aromatic rings. The second-order valence-corrected chi connectivity index (χ2v) is 9.65. The van der Waals surface area contributed by atoms with Crippen molar-refractivity contribution >= 4 is 33.0 Å². The highest BCUT2D eigenvalue weighted by Gasteiger charge is 2.23. The topological polar surface area (TPSA) is 171 Å². The van der Waals surface area contributed by atoms with Gasteiger partial charge in [0.1, 0.15) is 11.3 Å². The number of aromatic amines is 2. The molecule has 1 aromatic carbocycles. The number of fused-ring (bicyclic) bond motifs is 1. The Bertz CT molecular complexity index is 1430. The Balaban J connectivity index is 1.49. The molecule has 0 fully saturated rings. The van der Waals surface area contributed by atoms with Gasteiger partial charge in [-0.25, -0.2) is 23.5 Å². The molecule has 1 atom stereocenters. The molecule has 0 bridgehead atoms. The van der Waals surface area contributed by atoms with Gasteiger partial charge in [-0.1, -0.05) is 24.2 Å². The maximum Gasteiger partial charge on any atom is 0.246 e. The average molecular weight is 484 g/mol. The molecule has 1 amide bonds. The molecule has 0 saturated heterocycles. The Labute approximate surface area is 196 Å². The minimum Gasteiger partial charge on any atom is -0.327 e. The van der Waals surface area contributed by atoms with Crippen molar-refractivity contribution < 1.29 is 13.2 Å². The number of carbonyl (C=O) groups excluding carboxylic acids is 1. The molecule has 12 nitrogen and oxygen atoms in total. The maximum atomic E-state index is 12.7. The van der Waals surface area contributed by atoms with Crippen LogP contribution in [-0.4, -0.2) is 55.9 Å². The van der Waals surface area contributed by atoms with Crippen LogP contribution in [0.4, 0.5) is 5.95 Å². The summed E-state index contributed by atoms with van der Waals surface area (Å²) >= 11 is 0. The molecule has 0 aliphatic rings. The molecule has 4 N–H and O–H groups in total. The van der Waals surface area contributed by atoms with E-state index in [9.17, 15) is 13.2 Å². The van der Waals surface area contributed by atoms with Crippen molar-refractivity contribution in [2.45, 2.75) is 51.5 Å². The second kappa shape index (κ2) is 9.27. The van der Waals surface area contributed by atoms with Gasteiger partial charge in [-0.05, 0) is 66.4 Å². The molecule has 13 heteroatoms. The molecule has 4 rings (SSSR count). The van der Waals surface area contributed by atoms with E-state index in [2.05, 4.69) is 45.6 Å². The van der Waals surface area contributed by atoms with Crippen molar-refractivity contribution in [3.05, 3.63) is 52.5 Å². The van der Waals surface area contributed by atoms with Gasteiger partial charge in [0.2, 0.25) is 21.9 Å². The van der Waals surface area contributed by atoms with Crippen LogP contribution in [0.3, 0.4) is 0 Å². The fourth-order valence-electron chi connectivity index (χ4n) is 3.61. The number of aryl methyl sites for hydroxylation is 3. The van der Waals surface area contributed by atoms with E-state index in [1.807, 2.05) is 20.8 Å². The minimum atomic E-state index is -3.92. The molecule has 0 saturated carbocycles. The third-order valence-electron chi connectivity index (χ3n) is 5.52. The van der Waals surface area contributed by atoms with Crippen molar-refractivity contribution in [1.82, 2.24) is 40.3 Å². The Morgan fingerprint density at radius 1 is 1.15 bits per heavy atom. The van der Waals surface area contributed by atoms with Crippen LogP contribution in [-0.2, 0) is 27.7 Å². The molecule has 3 heterocycles. The lowest BCUT2D eigenvalue weighted by molar-refractivity contribution is -0.117. The van der Waals surface area contributed by atoms with E-state index in [1.54, 1.807) is 12.1 Å². The first kappa shape index (κ1) is 23.4. The molecule has 0 aliphatic carbocycles.